The van der Waals surface area contributed by atoms with Crippen LogP contribution >= 0.6 is 0 Å². The summed E-state index contributed by atoms with van der Waals surface area (Å²) in [6, 6.07) is 0. The van der Waals surface area contributed by atoms with Gasteiger partial charge in [-0.05, 0) is 6.29 Å². The molecule has 1 radical (unpaired) electrons. The van der Waals surface area contributed by atoms with Gasteiger partial charge in [0.2, 0.25) is 0 Å². The normalized spacial score (nSPS) is 5.50. The van der Waals surface area contributed by atoms with Crippen molar-refractivity contribution in [1.29, 1.82) is 0 Å². The average molecular weight is 250 g/mol. The Labute approximate surface area is 52.9 Å². The Morgan fingerprint density at radius 3 is 2.00 bits per heavy atom. The van der Waals surface area contributed by atoms with Crippen LogP contribution in [-0.2, 0) is 27.2 Å². The molecule has 0 unspecified atom stereocenters. The molecule has 0 saturated carbocycles. The number of hydrogen-bond donors (Lipinski definition) is 0. The molecule has 0 amide bonds. The Kier molecular flexibility index (Phi) is 8.13. The zero-order valence-electron chi connectivity index (χ0n) is 3.56. The van der Waals surface area contributed by atoms with Crippen molar-refractivity contribution in [3.05, 3.63) is 12.2 Å². The van der Waals surface area contributed by atoms with Gasteiger partial charge >= 0.3 is 0 Å². The van der Waals surface area contributed by atoms with Gasteiger partial charge in [-0.2, -0.15) is 5.57 Å². The fraction of sp³-hybridized carbons (Fsp3) is 0.250. The summed E-state index contributed by atoms with van der Waals surface area (Å²) in [7, 11) is 0. The molecule has 2 heteroatoms. The maximum absolute atomic E-state index is 9.28. The van der Waals surface area contributed by atoms with Crippen LogP contribution in [0.4, 0.5) is 0 Å². The topological polar surface area (TPSA) is 17.1 Å². The number of hydrogen-bond acceptors (Lipinski definition) is 1. The van der Waals surface area contributed by atoms with E-state index >= 15 is 0 Å². The molecule has 0 bridgehead atoms. The second kappa shape index (κ2) is 5.15. The van der Waals surface area contributed by atoms with Gasteiger partial charge in [0.05, 0.1) is 0 Å². The fourth-order valence-electron chi connectivity index (χ4n) is 0. The average Bonchev–Trinajstić information content (AvgIpc) is 1.38. The predicted octanol–water partition coefficient (Wildman–Crippen LogP) is 0.670. The molecule has 0 atom stereocenters. The van der Waals surface area contributed by atoms with E-state index in [1.807, 2.05) is 0 Å². The first kappa shape index (κ1) is 9.47. The van der Waals surface area contributed by atoms with Gasteiger partial charge in [0.15, 0.2) is 0 Å². The van der Waals surface area contributed by atoms with Gasteiger partial charge in [-0.25, -0.2) is 6.58 Å². The first-order chi connectivity index (χ1) is 2.27. The zero-order chi connectivity index (χ0) is 4.28. The molecule has 1 nitrogen and oxygen atoms in total. The molecular weight excluding hydrogens is 245 g/mol. The van der Waals surface area contributed by atoms with Gasteiger partial charge < -0.3 is 4.79 Å². The van der Waals surface area contributed by atoms with Gasteiger partial charge in [0, 0.05) is 22.4 Å². The largest absolute Gasteiger partial charge is 0.419 e. The van der Waals surface area contributed by atoms with Crippen molar-refractivity contribution in [3.63, 3.8) is 0 Å². The molecule has 0 aliphatic carbocycles. The second-order valence-corrected chi connectivity index (χ2v) is 0.882. The zero-order valence-corrected chi connectivity index (χ0v) is 6.78. The summed E-state index contributed by atoms with van der Waals surface area (Å²) in [6.45, 7) is 4.85. The molecule has 0 N–H and O–H groups in total. The smallest absolute Gasteiger partial charge is 0 e. The van der Waals surface area contributed by atoms with Crippen LogP contribution in [0.5, 0.6) is 0 Å². The molecule has 33 valence electrons. The van der Waals surface area contributed by atoms with Gasteiger partial charge in [-0.15, -0.1) is 0 Å². The molecule has 0 rings (SSSR count). The van der Waals surface area contributed by atoms with E-state index in [1.165, 1.54) is 0 Å². The third kappa shape index (κ3) is 8.91. The summed E-state index contributed by atoms with van der Waals surface area (Å²) in [5, 5.41) is 0. The molecule has 0 aliphatic heterocycles. The molecule has 0 heterocycles. The van der Waals surface area contributed by atoms with Gasteiger partial charge in [0.25, 0.3) is 0 Å². The van der Waals surface area contributed by atoms with Gasteiger partial charge in [-0.3, -0.25) is 0 Å². The molecule has 0 aliphatic rings. The second-order valence-electron chi connectivity index (χ2n) is 0.882. The monoisotopic (exact) mass is 250 g/mol. The van der Waals surface area contributed by atoms with Crippen LogP contribution in [0.1, 0.15) is 6.92 Å². The van der Waals surface area contributed by atoms with Crippen molar-refractivity contribution in [2.24, 2.45) is 0 Å². The number of carbonyl (C=O) groups excluding carboxylic acids is 1. The summed E-state index contributed by atoms with van der Waals surface area (Å²) in [6.07, 6.45) is 1.58. The van der Waals surface area contributed by atoms with Crippen LogP contribution in [0.3, 0.4) is 0 Å². The van der Waals surface area contributed by atoms with E-state index in [4.69, 9.17) is 0 Å². The Morgan fingerprint density at radius 2 is 2.00 bits per heavy atom. The Morgan fingerprint density at radius 1 is 1.83 bits per heavy atom. The van der Waals surface area contributed by atoms with Crippen molar-refractivity contribution in [2.45, 2.75) is 6.92 Å². The molecule has 0 aromatic rings. The van der Waals surface area contributed by atoms with E-state index in [9.17, 15) is 4.79 Å². The number of rotatable bonds is 1. The molecule has 0 saturated heterocycles. The third-order valence-electron chi connectivity index (χ3n) is 0.174. The molecular formula is C4H5OTa-. The third-order valence-corrected chi connectivity index (χ3v) is 0.174. The van der Waals surface area contributed by atoms with Crippen LogP contribution in [0.2, 0.25) is 0 Å². The van der Waals surface area contributed by atoms with E-state index in [1.54, 1.807) is 13.2 Å². The van der Waals surface area contributed by atoms with E-state index in [2.05, 4.69) is 6.58 Å². The maximum Gasteiger partial charge on any atom is 0 e. The van der Waals surface area contributed by atoms with Crippen molar-refractivity contribution >= 4 is 6.29 Å². The molecule has 0 aromatic carbocycles. The maximum atomic E-state index is 9.28. The van der Waals surface area contributed by atoms with Crippen LogP contribution in [0.15, 0.2) is 12.2 Å². The van der Waals surface area contributed by atoms with Crippen LogP contribution in [0, 0.1) is 0 Å². The molecule has 6 heavy (non-hydrogen) atoms. The van der Waals surface area contributed by atoms with Gasteiger partial charge in [0.1, 0.15) is 0 Å². The van der Waals surface area contributed by atoms with Crippen molar-refractivity contribution in [3.8, 4) is 0 Å². The Balaban J connectivity index is 0. The fourth-order valence-corrected chi connectivity index (χ4v) is 0. The summed E-state index contributed by atoms with van der Waals surface area (Å²) >= 11 is 0. The van der Waals surface area contributed by atoms with Crippen molar-refractivity contribution in [2.75, 3.05) is 0 Å². The first-order valence-corrected chi connectivity index (χ1v) is 1.31. The van der Waals surface area contributed by atoms with E-state index in [0.29, 0.717) is 5.57 Å². The standard InChI is InChI=1S/C4H5O.Ta/c1-4(2)3-5;/h1H2,2H3;/q-1;. The summed E-state index contributed by atoms with van der Waals surface area (Å²) in [5.74, 6) is 0. The quantitative estimate of drug-likeness (QED) is 0.493. The van der Waals surface area contributed by atoms with Crippen LogP contribution in [0.25, 0.3) is 0 Å². The summed E-state index contributed by atoms with van der Waals surface area (Å²) in [4.78, 5) is 9.28. The minimum atomic E-state index is 0. The SMILES string of the molecule is C=C(C)[C-]=O.[Ta]. The molecule has 0 fully saturated rings. The minimum Gasteiger partial charge on any atom is -0.419 e. The number of allylic oxidation sites excluding steroid dienone is 1. The minimum absolute atomic E-state index is 0. The van der Waals surface area contributed by atoms with Crippen molar-refractivity contribution < 1.29 is 27.2 Å². The van der Waals surface area contributed by atoms with Crippen LogP contribution < -0.4 is 0 Å². The first-order valence-electron chi connectivity index (χ1n) is 1.31. The van der Waals surface area contributed by atoms with E-state index < -0.39 is 0 Å². The summed E-state index contributed by atoms with van der Waals surface area (Å²) < 4.78 is 0. The summed E-state index contributed by atoms with van der Waals surface area (Å²) in [5.41, 5.74) is 0.449. The Bertz CT molecular complexity index is 58.6. The van der Waals surface area contributed by atoms with Gasteiger partial charge in [-0.1, -0.05) is 6.92 Å². The van der Waals surface area contributed by atoms with E-state index in [-0.39, 0.29) is 22.4 Å². The molecule has 0 aromatic heterocycles. The molecule has 0 spiro atoms. The predicted molar refractivity (Wildman–Crippen MR) is 20.5 cm³/mol. The van der Waals surface area contributed by atoms with Crippen molar-refractivity contribution in [1.82, 2.24) is 0 Å². The van der Waals surface area contributed by atoms with Crippen LogP contribution in [-0.4, -0.2) is 6.29 Å². The Hall–Kier alpha value is 0.150. The van der Waals surface area contributed by atoms with E-state index in [0.717, 1.165) is 0 Å².